The predicted molar refractivity (Wildman–Crippen MR) is 131 cm³/mol. The van der Waals surface area contributed by atoms with Gasteiger partial charge in [0.05, 0.1) is 11.6 Å². The van der Waals surface area contributed by atoms with Crippen molar-refractivity contribution in [2.24, 2.45) is 5.92 Å². The fourth-order valence-corrected chi connectivity index (χ4v) is 6.21. The molecular formula is C28H32F2N4O. The molecule has 1 heterocycles. The highest BCUT2D eigenvalue weighted by Gasteiger charge is 2.58. The van der Waals surface area contributed by atoms with E-state index < -0.39 is 6.17 Å². The maximum atomic E-state index is 13.7. The van der Waals surface area contributed by atoms with Gasteiger partial charge in [0.1, 0.15) is 12.0 Å². The number of carbonyl (C=O) groups is 1. The van der Waals surface area contributed by atoms with Crippen molar-refractivity contribution in [2.45, 2.75) is 56.2 Å². The van der Waals surface area contributed by atoms with E-state index in [2.05, 4.69) is 22.4 Å². The molecular weight excluding hydrogens is 446 g/mol. The van der Waals surface area contributed by atoms with E-state index in [4.69, 9.17) is 0 Å². The fourth-order valence-electron chi connectivity index (χ4n) is 6.21. The van der Waals surface area contributed by atoms with Crippen molar-refractivity contribution < 1.29 is 13.6 Å². The molecule has 2 aliphatic carbocycles. The lowest BCUT2D eigenvalue weighted by Crippen LogP contribution is -2.46. The minimum absolute atomic E-state index is 0.107. The van der Waals surface area contributed by atoms with Gasteiger partial charge in [0.15, 0.2) is 0 Å². The van der Waals surface area contributed by atoms with Crippen molar-refractivity contribution in [3.05, 3.63) is 65.5 Å². The zero-order chi connectivity index (χ0) is 24.4. The molecule has 0 bridgehead atoms. The summed E-state index contributed by atoms with van der Waals surface area (Å²) in [5, 5.41) is 12.2. The second-order valence-electron chi connectivity index (χ2n) is 10.4. The first-order valence-electron chi connectivity index (χ1n) is 12.7. The second-order valence-corrected chi connectivity index (χ2v) is 10.4. The lowest BCUT2D eigenvalue weighted by Gasteiger charge is -2.37. The van der Waals surface area contributed by atoms with Gasteiger partial charge in [-0.25, -0.2) is 13.6 Å². The number of hydrogen-bond acceptors (Lipinski definition) is 3. The Morgan fingerprint density at radius 1 is 1.23 bits per heavy atom. The third kappa shape index (κ3) is 5.18. The van der Waals surface area contributed by atoms with Gasteiger partial charge >= 0.3 is 6.03 Å². The molecule has 3 aliphatic rings. The average Bonchev–Trinajstić information content (AvgIpc) is 3.46. The number of nitrogens with zero attached hydrogens (tertiary/aromatic N) is 3. The molecule has 184 valence electrons. The number of alkyl halides is 1. The number of amides is 2. The first kappa shape index (κ1) is 23.7. The molecule has 35 heavy (non-hydrogen) atoms. The summed E-state index contributed by atoms with van der Waals surface area (Å²) in [5.74, 6) is 0.106. The van der Waals surface area contributed by atoms with Crippen molar-refractivity contribution in [2.75, 3.05) is 31.5 Å². The van der Waals surface area contributed by atoms with Crippen molar-refractivity contribution in [1.29, 1.82) is 5.26 Å². The molecule has 0 radical (unpaired) electrons. The van der Waals surface area contributed by atoms with E-state index in [-0.39, 0.29) is 23.3 Å². The fraction of sp³-hybridized carbons (Fsp3) is 0.500. The normalized spacial score (nSPS) is 27.6. The number of rotatable bonds is 7. The Morgan fingerprint density at radius 3 is 2.83 bits per heavy atom. The molecule has 4 atom stereocenters. The molecule has 2 aromatic carbocycles. The number of halogens is 2. The molecule has 5 nitrogen and oxygen atoms in total. The number of hydrogen-bond donors (Lipinski definition) is 1. The molecule has 5 rings (SSSR count). The standard InChI is InChI=1S/C28H32F2N4O/c29-23-6-2-7-25(16-23)32-27(35)34(12-3-11-33-13-9-24(30)19-33)26-8-10-28(17-22(28)15-26)21-5-1-4-20(14-21)18-31/h1-2,4-7,14,16,22,24,26H,3,8-13,15,17,19H2,(H,32,35)/t22?,24-,26-,28-/m1/s1. The van der Waals surface area contributed by atoms with E-state index >= 15 is 0 Å². The quantitative estimate of drug-likeness (QED) is 0.574. The SMILES string of the molecule is N#Cc1cccc([C@]23CC[C@@H](N(CCCN4CC[C@@H](F)C4)C(=O)Nc4cccc(F)c4)CC2C3)c1. The maximum absolute atomic E-state index is 13.7. The van der Waals surface area contributed by atoms with Gasteiger partial charge in [0, 0.05) is 31.4 Å². The van der Waals surface area contributed by atoms with Crippen LogP contribution in [0.25, 0.3) is 0 Å². The molecule has 1 aliphatic heterocycles. The number of urea groups is 1. The summed E-state index contributed by atoms with van der Waals surface area (Å²) in [6.45, 7) is 2.60. The molecule has 7 heteroatoms. The number of likely N-dealkylation sites (tertiary alicyclic amines) is 1. The third-order valence-electron chi connectivity index (χ3n) is 8.14. The van der Waals surface area contributed by atoms with Crippen LogP contribution in [0.5, 0.6) is 0 Å². The van der Waals surface area contributed by atoms with E-state index in [1.807, 2.05) is 23.1 Å². The van der Waals surface area contributed by atoms with Gasteiger partial charge in [-0.3, -0.25) is 0 Å². The Hall–Kier alpha value is -2.98. The van der Waals surface area contributed by atoms with Crippen LogP contribution >= 0.6 is 0 Å². The molecule has 2 amide bonds. The van der Waals surface area contributed by atoms with E-state index in [0.29, 0.717) is 36.7 Å². The Morgan fingerprint density at radius 2 is 2.09 bits per heavy atom. The molecule has 2 aromatic rings. The van der Waals surface area contributed by atoms with Gasteiger partial charge in [-0.2, -0.15) is 5.26 Å². The van der Waals surface area contributed by atoms with Crippen LogP contribution in [0.4, 0.5) is 19.3 Å². The number of nitriles is 1. The average molecular weight is 479 g/mol. The largest absolute Gasteiger partial charge is 0.322 e. The van der Waals surface area contributed by atoms with Crippen LogP contribution in [-0.4, -0.2) is 54.2 Å². The van der Waals surface area contributed by atoms with Gasteiger partial charge in [-0.05, 0) is 92.3 Å². The summed E-state index contributed by atoms with van der Waals surface area (Å²) in [7, 11) is 0. The summed E-state index contributed by atoms with van der Waals surface area (Å²) in [4.78, 5) is 17.4. The first-order valence-corrected chi connectivity index (χ1v) is 12.7. The number of benzene rings is 2. The zero-order valence-electron chi connectivity index (χ0n) is 19.9. The van der Waals surface area contributed by atoms with E-state index in [0.717, 1.165) is 45.2 Å². The highest BCUT2D eigenvalue weighted by molar-refractivity contribution is 5.89. The van der Waals surface area contributed by atoms with Crippen molar-refractivity contribution in [3.63, 3.8) is 0 Å². The number of fused-ring (bicyclic) bond motifs is 1. The Kier molecular flexibility index (Phi) is 6.75. The lowest BCUT2D eigenvalue weighted by molar-refractivity contribution is 0.155. The highest BCUT2D eigenvalue weighted by atomic mass is 19.1. The minimum atomic E-state index is -0.747. The first-order chi connectivity index (χ1) is 17.0. The summed E-state index contributed by atoms with van der Waals surface area (Å²) >= 11 is 0. The van der Waals surface area contributed by atoms with Crippen LogP contribution in [0.15, 0.2) is 48.5 Å². The highest BCUT2D eigenvalue weighted by Crippen LogP contribution is 2.62. The monoisotopic (exact) mass is 478 g/mol. The van der Waals surface area contributed by atoms with Crippen LogP contribution in [0.3, 0.4) is 0 Å². The molecule has 0 aromatic heterocycles. The second kappa shape index (κ2) is 9.94. The Bertz CT molecular complexity index is 1120. The van der Waals surface area contributed by atoms with E-state index in [9.17, 15) is 18.8 Å². The maximum Gasteiger partial charge on any atom is 0.322 e. The number of anilines is 1. The summed E-state index contributed by atoms with van der Waals surface area (Å²) in [6.07, 6.45) is 4.50. The Balaban J connectivity index is 1.26. The molecule has 1 unspecified atom stereocenters. The van der Waals surface area contributed by atoms with Gasteiger partial charge in [-0.15, -0.1) is 0 Å². The van der Waals surface area contributed by atoms with E-state index in [1.165, 1.54) is 17.7 Å². The third-order valence-corrected chi connectivity index (χ3v) is 8.14. The van der Waals surface area contributed by atoms with Crippen LogP contribution < -0.4 is 5.32 Å². The topological polar surface area (TPSA) is 59.4 Å². The van der Waals surface area contributed by atoms with Crippen LogP contribution in [0.1, 0.15) is 49.7 Å². The van der Waals surface area contributed by atoms with Crippen LogP contribution in [0.2, 0.25) is 0 Å². The summed E-state index contributed by atoms with van der Waals surface area (Å²) in [5.41, 5.74) is 2.51. The lowest BCUT2D eigenvalue weighted by atomic mass is 9.80. The van der Waals surface area contributed by atoms with Gasteiger partial charge in [0.25, 0.3) is 0 Å². The molecule has 2 saturated carbocycles. The molecule has 1 saturated heterocycles. The van der Waals surface area contributed by atoms with Gasteiger partial charge in [0.2, 0.25) is 0 Å². The predicted octanol–water partition coefficient (Wildman–Crippen LogP) is 5.48. The smallest absolute Gasteiger partial charge is 0.321 e. The van der Waals surface area contributed by atoms with Crippen molar-refractivity contribution in [1.82, 2.24) is 9.80 Å². The van der Waals surface area contributed by atoms with Gasteiger partial charge in [-0.1, -0.05) is 18.2 Å². The minimum Gasteiger partial charge on any atom is -0.321 e. The summed E-state index contributed by atoms with van der Waals surface area (Å²) < 4.78 is 27.2. The van der Waals surface area contributed by atoms with Crippen LogP contribution in [-0.2, 0) is 5.41 Å². The Labute approximate surface area is 205 Å². The van der Waals surface area contributed by atoms with Crippen LogP contribution in [0, 0.1) is 23.1 Å². The molecule has 1 N–H and O–H groups in total. The molecule has 3 fully saturated rings. The van der Waals surface area contributed by atoms with E-state index in [1.54, 1.807) is 12.1 Å². The number of nitrogens with one attached hydrogen (secondary N) is 1. The van der Waals surface area contributed by atoms with Crippen molar-refractivity contribution >= 4 is 11.7 Å². The number of carbonyl (C=O) groups excluding carboxylic acids is 1. The zero-order valence-corrected chi connectivity index (χ0v) is 19.9. The van der Waals surface area contributed by atoms with Crippen molar-refractivity contribution in [3.8, 4) is 6.07 Å². The summed E-state index contributed by atoms with van der Waals surface area (Å²) in [6, 6.07) is 16.1. The van der Waals surface area contributed by atoms with Gasteiger partial charge < -0.3 is 15.1 Å². The molecule has 0 spiro atoms.